The highest BCUT2D eigenvalue weighted by molar-refractivity contribution is 5.96. The van der Waals surface area contributed by atoms with Crippen LogP contribution in [0.5, 0.6) is 0 Å². The molecule has 0 bridgehead atoms. The van der Waals surface area contributed by atoms with Gasteiger partial charge in [-0.3, -0.25) is 9.59 Å². The van der Waals surface area contributed by atoms with Crippen molar-refractivity contribution in [1.29, 1.82) is 0 Å². The Morgan fingerprint density at radius 1 is 1.40 bits per heavy atom. The van der Waals surface area contributed by atoms with Crippen LogP contribution in [0.3, 0.4) is 0 Å². The topological polar surface area (TPSA) is 52.6 Å². The summed E-state index contributed by atoms with van der Waals surface area (Å²) in [6.45, 7) is 6.07. The maximum atomic E-state index is 11.5. The summed E-state index contributed by atoms with van der Waals surface area (Å²) in [6.07, 6.45) is 0. The summed E-state index contributed by atoms with van der Waals surface area (Å²) in [4.78, 5) is 22.9. The molecule has 1 saturated heterocycles. The van der Waals surface area contributed by atoms with Gasteiger partial charge in [-0.15, -0.1) is 0 Å². The van der Waals surface area contributed by atoms with Gasteiger partial charge < -0.3 is 15.4 Å². The first-order valence-corrected chi connectivity index (χ1v) is 5.03. The molecule has 0 radical (unpaired) electrons. The molecule has 0 spiro atoms. The molecule has 0 aliphatic carbocycles. The summed E-state index contributed by atoms with van der Waals surface area (Å²) >= 11 is 0. The van der Waals surface area contributed by atoms with Gasteiger partial charge in [-0.25, -0.2) is 0 Å². The van der Waals surface area contributed by atoms with Gasteiger partial charge in [-0.1, -0.05) is 6.92 Å². The molecule has 4 heteroatoms. The minimum atomic E-state index is -0.458. The minimum absolute atomic E-state index is 0.0455. The van der Waals surface area contributed by atoms with Crippen molar-refractivity contribution in [3.8, 4) is 0 Å². The highest BCUT2D eigenvalue weighted by atomic mass is 16.6. The van der Waals surface area contributed by atoms with Gasteiger partial charge >= 0.3 is 11.9 Å². The first-order valence-electron chi connectivity index (χ1n) is 5.03. The fraction of sp³-hybridized carbons (Fsp3) is 0.727. The fourth-order valence-corrected chi connectivity index (χ4v) is 1.82. The highest BCUT2D eigenvalue weighted by Crippen LogP contribution is 2.34. The number of ether oxygens (including phenoxy) is 2. The van der Waals surface area contributed by atoms with Crippen molar-refractivity contribution in [2.24, 2.45) is 17.8 Å². The van der Waals surface area contributed by atoms with Crippen molar-refractivity contribution in [3.63, 3.8) is 0 Å². The molecular weight excluding hydrogens is 196 g/mol. The Morgan fingerprint density at radius 3 is 2.47 bits per heavy atom. The summed E-state index contributed by atoms with van der Waals surface area (Å²) in [5.41, 5.74) is 0. The molecule has 86 valence electrons. The van der Waals surface area contributed by atoms with Crippen LogP contribution in [0.4, 0.5) is 0 Å². The zero-order chi connectivity index (χ0) is 11.6. The number of carbonyl (C=O) groups excluding carboxylic acids is 2. The number of rotatable bonds is 4. The van der Waals surface area contributed by atoms with E-state index in [1.165, 1.54) is 7.11 Å². The van der Waals surface area contributed by atoms with E-state index >= 15 is 0 Å². The molecule has 1 aliphatic rings. The standard InChI is InChI=1S/C11H17O4/c1-6(2)7(3)9-8(5-14-4)10(12)15-11(9)13/h7-9H,5H2,1-4H3/q-1. The van der Waals surface area contributed by atoms with E-state index in [1.54, 1.807) is 0 Å². The summed E-state index contributed by atoms with van der Waals surface area (Å²) in [6, 6.07) is 0. The van der Waals surface area contributed by atoms with Crippen LogP contribution in [0.1, 0.15) is 20.8 Å². The molecule has 3 unspecified atom stereocenters. The second-order valence-electron chi connectivity index (χ2n) is 4.19. The van der Waals surface area contributed by atoms with E-state index in [-0.39, 0.29) is 18.4 Å². The predicted molar refractivity (Wildman–Crippen MR) is 53.7 cm³/mol. The van der Waals surface area contributed by atoms with Crippen molar-refractivity contribution >= 4 is 11.9 Å². The first kappa shape index (κ1) is 12.2. The largest absolute Gasteiger partial charge is 0.393 e. The minimum Gasteiger partial charge on any atom is -0.393 e. The SMILES string of the molecule is COCC1C(=O)OC(=O)C1C(C)[C-](C)C. The van der Waals surface area contributed by atoms with Gasteiger partial charge in [0.1, 0.15) is 0 Å². The van der Waals surface area contributed by atoms with Crippen LogP contribution >= 0.6 is 0 Å². The van der Waals surface area contributed by atoms with E-state index < -0.39 is 17.9 Å². The molecule has 3 atom stereocenters. The molecular formula is C11H17O4-. The quantitative estimate of drug-likeness (QED) is 0.400. The summed E-state index contributed by atoms with van der Waals surface area (Å²) in [5.74, 6) is -0.553. The molecule has 0 aromatic heterocycles. The van der Waals surface area contributed by atoms with Crippen molar-refractivity contribution in [2.45, 2.75) is 20.8 Å². The molecule has 1 rings (SSSR count). The van der Waals surface area contributed by atoms with Gasteiger partial charge in [0.2, 0.25) is 0 Å². The second kappa shape index (κ2) is 4.75. The van der Waals surface area contributed by atoms with Crippen molar-refractivity contribution < 1.29 is 19.1 Å². The van der Waals surface area contributed by atoms with E-state index in [9.17, 15) is 9.59 Å². The van der Waals surface area contributed by atoms with E-state index in [0.29, 0.717) is 0 Å². The Kier molecular flexibility index (Phi) is 3.85. The van der Waals surface area contributed by atoms with Gasteiger partial charge in [0, 0.05) is 13.0 Å². The molecule has 1 heterocycles. The first-order chi connectivity index (χ1) is 6.99. The van der Waals surface area contributed by atoms with Crippen LogP contribution in [-0.4, -0.2) is 25.7 Å². The highest BCUT2D eigenvalue weighted by Gasteiger charge is 2.44. The fourth-order valence-electron chi connectivity index (χ4n) is 1.82. The predicted octanol–water partition coefficient (Wildman–Crippen LogP) is 1.20. The number of esters is 2. The normalized spacial score (nSPS) is 28.3. The van der Waals surface area contributed by atoms with Crippen molar-refractivity contribution in [1.82, 2.24) is 0 Å². The Hall–Kier alpha value is -0.900. The maximum absolute atomic E-state index is 11.5. The van der Waals surface area contributed by atoms with Gasteiger partial charge in [-0.2, -0.15) is 19.8 Å². The Morgan fingerprint density at radius 2 is 2.00 bits per heavy atom. The van der Waals surface area contributed by atoms with Gasteiger partial charge in [-0.05, 0) is 0 Å². The molecule has 15 heavy (non-hydrogen) atoms. The average molecular weight is 213 g/mol. The summed E-state index contributed by atoms with van der Waals surface area (Å²) in [5, 5.41) is 0. The third kappa shape index (κ3) is 2.37. The third-order valence-electron chi connectivity index (χ3n) is 3.01. The van der Waals surface area contributed by atoms with Crippen LogP contribution in [0.2, 0.25) is 0 Å². The zero-order valence-corrected chi connectivity index (χ0v) is 9.57. The average Bonchev–Trinajstić information content (AvgIpc) is 2.41. The van der Waals surface area contributed by atoms with Crippen LogP contribution < -0.4 is 0 Å². The lowest BCUT2D eigenvalue weighted by Crippen LogP contribution is -2.29. The Balaban J connectivity index is 2.82. The number of hydrogen-bond donors (Lipinski definition) is 0. The van der Waals surface area contributed by atoms with Crippen molar-refractivity contribution in [2.75, 3.05) is 13.7 Å². The molecule has 1 fully saturated rings. The maximum Gasteiger partial charge on any atom is 0.319 e. The Labute approximate surface area is 89.9 Å². The van der Waals surface area contributed by atoms with Crippen LogP contribution in [0.15, 0.2) is 0 Å². The number of methoxy groups -OCH3 is 1. The molecule has 1 aliphatic heterocycles. The van der Waals surface area contributed by atoms with Crippen LogP contribution in [-0.2, 0) is 19.1 Å². The van der Waals surface area contributed by atoms with E-state index in [0.717, 1.165) is 5.92 Å². The second-order valence-corrected chi connectivity index (χ2v) is 4.19. The zero-order valence-electron chi connectivity index (χ0n) is 9.57. The van der Waals surface area contributed by atoms with E-state index in [2.05, 4.69) is 4.74 Å². The molecule has 0 saturated carbocycles. The monoisotopic (exact) mass is 213 g/mol. The Bertz CT molecular complexity index is 259. The molecule has 0 N–H and O–H groups in total. The lowest BCUT2D eigenvalue weighted by molar-refractivity contribution is -0.154. The molecule has 0 amide bonds. The molecule has 0 aromatic rings. The van der Waals surface area contributed by atoms with Crippen LogP contribution in [0.25, 0.3) is 0 Å². The van der Waals surface area contributed by atoms with E-state index in [4.69, 9.17) is 4.74 Å². The van der Waals surface area contributed by atoms with Crippen LogP contribution in [0, 0.1) is 23.7 Å². The number of carbonyl (C=O) groups is 2. The molecule has 4 nitrogen and oxygen atoms in total. The van der Waals surface area contributed by atoms with E-state index in [1.807, 2.05) is 20.8 Å². The number of cyclic esters (lactones) is 2. The van der Waals surface area contributed by atoms with Gasteiger partial charge in [0.25, 0.3) is 0 Å². The third-order valence-corrected chi connectivity index (χ3v) is 3.01. The van der Waals surface area contributed by atoms with Crippen molar-refractivity contribution in [3.05, 3.63) is 5.92 Å². The lowest BCUT2D eigenvalue weighted by Gasteiger charge is -2.33. The summed E-state index contributed by atoms with van der Waals surface area (Å²) < 4.78 is 9.58. The van der Waals surface area contributed by atoms with Gasteiger partial charge in [0.05, 0.1) is 12.5 Å². The smallest absolute Gasteiger partial charge is 0.319 e. The molecule has 0 aromatic carbocycles. The summed E-state index contributed by atoms with van der Waals surface area (Å²) in [7, 11) is 1.51. The number of hydrogen-bond acceptors (Lipinski definition) is 4. The lowest BCUT2D eigenvalue weighted by atomic mass is 9.79. The van der Waals surface area contributed by atoms with Gasteiger partial charge in [0.15, 0.2) is 0 Å².